The van der Waals surface area contributed by atoms with Crippen LogP contribution >= 0.6 is 0 Å². The highest BCUT2D eigenvalue weighted by molar-refractivity contribution is 6.00. The Morgan fingerprint density at radius 1 is 1.00 bits per heavy atom. The minimum absolute atomic E-state index is 0.0549. The quantitative estimate of drug-likeness (QED) is 0.473. The Hall–Kier alpha value is -3.44. The van der Waals surface area contributed by atoms with E-state index in [4.69, 9.17) is 5.73 Å². The molecule has 140 valence electrons. The molecule has 0 radical (unpaired) electrons. The zero-order chi connectivity index (χ0) is 19.3. The van der Waals surface area contributed by atoms with Gasteiger partial charge in [0, 0.05) is 16.6 Å². The highest BCUT2D eigenvalue weighted by Crippen LogP contribution is 2.29. The number of aromatic nitrogens is 2. The Morgan fingerprint density at radius 3 is 2.43 bits per heavy atom. The van der Waals surface area contributed by atoms with Crippen molar-refractivity contribution in [2.24, 2.45) is 5.73 Å². The first-order valence-corrected chi connectivity index (χ1v) is 9.35. The molecule has 0 fully saturated rings. The van der Waals surface area contributed by atoms with Crippen molar-refractivity contribution in [2.45, 2.75) is 12.3 Å². The summed E-state index contributed by atoms with van der Waals surface area (Å²) >= 11 is 0. The van der Waals surface area contributed by atoms with Gasteiger partial charge >= 0.3 is 0 Å². The van der Waals surface area contributed by atoms with E-state index < -0.39 is 0 Å². The van der Waals surface area contributed by atoms with Crippen LogP contribution in [0.1, 0.15) is 17.9 Å². The summed E-state index contributed by atoms with van der Waals surface area (Å²) in [6, 6.07) is 25.5. The molecule has 0 unspecified atom stereocenters. The lowest BCUT2D eigenvalue weighted by atomic mass is 9.94. The Kier molecular flexibility index (Phi) is 5.17. The molecule has 5 nitrogen and oxygen atoms in total. The molecule has 3 aromatic carbocycles. The van der Waals surface area contributed by atoms with Crippen LogP contribution in [0.5, 0.6) is 0 Å². The maximum absolute atomic E-state index is 12.9. The summed E-state index contributed by atoms with van der Waals surface area (Å²) in [4.78, 5) is 12.9. The van der Waals surface area contributed by atoms with E-state index in [1.165, 1.54) is 0 Å². The summed E-state index contributed by atoms with van der Waals surface area (Å²) in [7, 11) is 0. The van der Waals surface area contributed by atoms with E-state index >= 15 is 0 Å². The minimum atomic E-state index is -0.278. The second kappa shape index (κ2) is 8.06. The van der Waals surface area contributed by atoms with Gasteiger partial charge < -0.3 is 11.1 Å². The minimum Gasteiger partial charge on any atom is -0.330 e. The Bertz CT molecular complexity index is 1070. The van der Waals surface area contributed by atoms with Crippen LogP contribution in [0.3, 0.4) is 0 Å². The van der Waals surface area contributed by atoms with E-state index in [-0.39, 0.29) is 11.8 Å². The van der Waals surface area contributed by atoms with Gasteiger partial charge in [-0.1, -0.05) is 60.7 Å². The smallest absolute Gasteiger partial charge is 0.231 e. The first-order valence-electron chi connectivity index (χ1n) is 9.35. The molecule has 0 saturated carbocycles. The maximum Gasteiger partial charge on any atom is 0.231 e. The number of nitrogens with one attached hydrogen (secondary N) is 2. The maximum atomic E-state index is 12.9. The second-order valence-electron chi connectivity index (χ2n) is 6.73. The molecule has 4 aromatic rings. The molecule has 1 aromatic heterocycles. The number of rotatable bonds is 6. The molecule has 0 aliphatic heterocycles. The van der Waals surface area contributed by atoms with Crippen molar-refractivity contribution >= 4 is 22.5 Å². The molecule has 0 saturated heterocycles. The van der Waals surface area contributed by atoms with E-state index in [0.717, 1.165) is 33.4 Å². The number of hydrogen-bond donors (Lipinski definition) is 3. The third-order valence-electron chi connectivity index (χ3n) is 4.85. The van der Waals surface area contributed by atoms with Gasteiger partial charge in [0.25, 0.3) is 0 Å². The number of carbonyl (C=O) groups is 1. The number of fused-ring (bicyclic) bond motifs is 1. The van der Waals surface area contributed by atoms with Gasteiger partial charge in [-0.2, -0.15) is 5.10 Å². The van der Waals surface area contributed by atoms with Crippen molar-refractivity contribution in [2.75, 3.05) is 11.9 Å². The average molecular weight is 370 g/mol. The normalized spacial score (nSPS) is 12.0. The van der Waals surface area contributed by atoms with E-state index in [2.05, 4.69) is 15.5 Å². The molecule has 4 N–H and O–H groups in total. The van der Waals surface area contributed by atoms with Gasteiger partial charge in [-0.15, -0.1) is 0 Å². The van der Waals surface area contributed by atoms with Gasteiger partial charge in [0.2, 0.25) is 5.91 Å². The lowest BCUT2D eigenvalue weighted by Gasteiger charge is -2.16. The average Bonchev–Trinajstić information content (AvgIpc) is 3.16. The third-order valence-corrected chi connectivity index (χ3v) is 4.85. The number of nitrogens with two attached hydrogens (primary N) is 1. The van der Waals surface area contributed by atoms with Crippen LogP contribution < -0.4 is 11.1 Å². The van der Waals surface area contributed by atoms with Gasteiger partial charge in [-0.3, -0.25) is 9.89 Å². The van der Waals surface area contributed by atoms with Gasteiger partial charge in [-0.05, 0) is 36.7 Å². The Balaban J connectivity index is 1.63. The first kappa shape index (κ1) is 17.9. The topological polar surface area (TPSA) is 83.8 Å². The fraction of sp³-hybridized carbons (Fsp3) is 0.130. The number of carbonyl (C=O) groups excluding carboxylic acids is 1. The van der Waals surface area contributed by atoms with Crippen molar-refractivity contribution in [3.05, 3.63) is 84.4 Å². The van der Waals surface area contributed by atoms with Crippen molar-refractivity contribution in [1.29, 1.82) is 0 Å². The van der Waals surface area contributed by atoms with E-state index in [1.807, 2.05) is 78.9 Å². The number of nitrogens with zero attached hydrogens (tertiary/aromatic N) is 1. The van der Waals surface area contributed by atoms with Gasteiger partial charge in [0.15, 0.2) is 0 Å². The van der Waals surface area contributed by atoms with Crippen LogP contribution in [0.15, 0.2) is 78.9 Å². The van der Waals surface area contributed by atoms with Crippen molar-refractivity contribution in [3.63, 3.8) is 0 Å². The predicted octanol–water partition coefficient (Wildman–Crippen LogP) is 4.30. The molecular weight excluding hydrogens is 348 g/mol. The number of benzene rings is 3. The zero-order valence-corrected chi connectivity index (χ0v) is 15.4. The molecule has 0 aliphatic rings. The molecule has 1 atom stereocenters. The summed E-state index contributed by atoms with van der Waals surface area (Å²) in [5, 5.41) is 11.5. The van der Waals surface area contributed by atoms with Crippen LogP contribution in [0.2, 0.25) is 0 Å². The lowest BCUT2D eigenvalue weighted by molar-refractivity contribution is -0.117. The Labute approximate surface area is 163 Å². The highest BCUT2D eigenvalue weighted by atomic mass is 16.1. The fourth-order valence-electron chi connectivity index (χ4n) is 3.44. The molecule has 5 heteroatoms. The number of hydrogen-bond acceptors (Lipinski definition) is 3. The summed E-state index contributed by atoms with van der Waals surface area (Å²) in [5.41, 5.74) is 10.3. The van der Waals surface area contributed by atoms with Crippen molar-refractivity contribution < 1.29 is 4.79 Å². The summed E-state index contributed by atoms with van der Waals surface area (Å²) in [6.45, 7) is 0.450. The molecule has 4 rings (SSSR count). The molecule has 0 spiro atoms. The van der Waals surface area contributed by atoms with Crippen LogP contribution in [-0.4, -0.2) is 22.6 Å². The van der Waals surface area contributed by atoms with E-state index in [9.17, 15) is 4.79 Å². The van der Waals surface area contributed by atoms with Gasteiger partial charge in [0.1, 0.15) is 0 Å². The van der Waals surface area contributed by atoms with Crippen LogP contribution in [0.4, 0.5) is 5.69 Å². The van der Waals surface area contributed by atoms with E-state index in [0.29, 0.717) is 13.0 Å². The standard InChI is InChI=1S/C23H22N4O/c24-14-13-19(16-7-3-1-4-8-16)23(28)25-18-11-12-21-20(15-18)22(27-26-21)17-9-5-2-6-10-17/h1-12,15,19H,13-14,24H2,(H,25,28)(H,26,27)/t19-/m0/s1. The third kappa shape index (κ3) is 3.66. The van der Waals surface area contributed by atoms with Crippen LogP contribution in [0, 0.1) is 0 Å². The summed E-state index contributed by atoms with van der Waals surface area (Å²) in [6.07, 6.45) is 0.596. The predicted molar refractivity (Wildman–Crippen MR) is 113 cm³/mol. The highest BCUT2D eigenvalue weighted by Gasteiger charge is 2.20. The summed E-state index contributed by atoms with van der Waals surface area (Å²) < 4.78 is 0. The molecule has 1 amide bonds. The number of aromatic amines is 1. The zero-order valence-electron chi connectivity index (χ0n) is 15.4. The largest absolute Gasteiger partial charge is 0.330 e. The molecule has 0 bridgehead atoms. The number of amides is 1. The monoisotopic (exact) mass is 370 g/mol. The van der Waals surface area contributed by atoms with Gasteiger partial charge in [0.05, 0.1) is 17.1 Å². The molecule has 1 heterocycles. The lowest BCUT2D eigenvalue weighted by Crippen LogP contribution is -2.23. The molecular formula is C23H22N4O. The van der Waals surface area contributed by atoms with E-state index in [1.54, 1.807) is 0 Å². The summed E-state index contributed by atoms with van der Waals surface area (Å²) in [5.74, 6) is -0.333. The van der Waals surface area contributed by atoms with Crippen molar-refractivity contribution in [1.82, 2.24) is 10.2 Å². The Morgan fingerprint density at radius 2 is 1.71 bits per heavy atom. The first-order chi connectivity index (χ1) is 13.8. The second-order valence-corrected chi connectivity index (χ2v) is 6.73. The fourth-order valence-corrected chi connectivity index (χ4v) is 3.44. The van der Waals surface area contributed by atoms with Gasteiger partial charge in [-0.25, -0.2) is 0 Å². The molecule has 28 heavy (non-hydrogen) atoms. The number of H-pyrrole nitrogens is 1. The van der Waals surface area contributed by atoms with Crippen LogP contribution in [-0.2, 0) is 4.79 Å². The SMILES string of the molecule is NCC[C@H](C(=O)Nc1ccc2[nH]nc(-c3ccccc3)c2c1)c1ccccc1. The number of anilines is 1. The molecule has 0 aliphatic carbocycles. The van der Waals surface area contributed by atoms with Crippen molar-refractivity contribution in [3.8, 4) is 11.3 Å². The van der Waals surface area contributed by atoms with Crippen LogP contribution in [0.25, 0.3) is 22.2 Å².